The van der Waals surface area contributed by atoms with Gasteiger partial charge in [0.05, 0.1) is 9.85 Å². The van der Waals surface area contributed by atoms with E-state index >= 15 is 0 Å². The number of carbonyl (C=O) groups is 1. The molecule has 0 aliphatic carbocycles. The molecule has 0 saturated carbocycles. The molecule has 0 N–H and O–H groups in total. The smallest absolute Gasteiger partial charge is 0.177 e. The molecular formula is C9H7BrClFO. The summed E-state index contributed by atoms with van der Waals surface area (Å²) in [6.45, 7) is 1.70. The van der Waals surface area contributed by atoms with Crippen LogP contribution in [0.2, 0.25) is 5.02 Å². The van der Waals surface area contributed by atoms with Crippen molar-refractivity contribution in [2.24, 2.45) is 0 Å². The molecule has 70 valence electrons. The summed E-state index contributed by atoms with van der Waals surface area (Å²) in [5, 5.41) is 0.149. The number of halogens is 3. The predicted molar refractivity (Wildman–Crippen MR) is 54.1 cm³/mol. The number of hydrogen-bond acceptors (Lipinski definition) is 1. The summed E-state index contributed by atoms with van der Waals surface area (Å²) in [6, 6.07) is 3.73. The predicted octanol–water partition coefficient (Wildman–Crippen LogP) is 3.45. The fourth-order valence-electron chi connectivity index (χ4n) is 0.904. The summed E-state index contributed by atoms with van der Waals surface area (Å²) >= 11 is 8.81. The molecule has 0 aliphatic rings. The first-order valence-corrected chi connectivity index (χ1v) is 4.95. The van der Waals surface area contributed by atoms with E-state index in [9.17, 15) is 9.18 Å². The van der Waals surface area contributed by atoms with Gasteiger partial charge in [-0.2, -0.15) is 0 Å². The monoisotopic (exact) mass is 264 g/mol. The van der Waals surface area contributed by atoms with E-state index in [-0.39, 0.29) is 15.6 Å². The zero-order valence-corrected chi connectivity index (χ0v) is 9.19. The summed E-state index contributed by atoms with van der Waals surface area (Å²) in [5.74, 6) is -0.589. The molecule has 4 heteroatoms. The summed E-state index contributed by atoms with van der Waals surface area (Å²) < 4.78 is 12.6. The number of Topliss-reactive ketones (excluding diaryl/α,β-unsaturated/α-hetero) is 1. The Hall–Kier alpha value is -0.410. The van der Waals surface area contributed by atoms with Crippen molar-refractivity contribution < 1.29 is 9.18 Å². The van der Waals surface area contributed by atoms with E-state index in [0.29, 0.717) is 5.56 Å². The number of alkyl halides is 1. The van der Waals surface area contributed by atoms with Crippen molar-refractivity contribution in [3.05, 3.63) is 34.6 Å². The third-order valence-electron chi connectivity index (χ3n) is 1.56. The highest BCUT2D eigenvalue weighted by molar-refractivity contribution is 9.10. The van der Waals surface area contributed by atoms with Gasteiger partial charge in [-0.3, -0.25) is 4.79 Å². The van der Waals surface area contributed by atoms with Gasteiger partial charge in [-0.1, -0.05) is 27.5 Å². The Morgan fingerprint density at radius 1 is 1.62 bits per heavy atom. The number of benzene rings is 1. The number of ketones is 1. The lowest BCUT2D eigenvalue weighted by atomic mass is 10.1. The number of hydrogen-bond donors (Lipinski definition) is 0. The van der Waals surface area contributed by atoms with E-state index in [4.69, 9.17) is 11.6 Å². The molecular weight excluding hydrogens is 258 g/mol. The van der Waals surface area contributed by atoms with Crippen molar-refractivity contribution >= 4 is 33.3 Å². The summed E-state index contributed by atoms with van der Waals surface area (Å²) in [6.07, 6.45) is 0. The normalized spacial score (nSPS) is 12.6. The average molecular weight is 266 g/mol. The molecule has 1 rings (SSSR count). The van der Waals surface area contributed by atoms with Crippen molar-refractivity contribution in [2.75, 3.05) is 0 Å². The van der Waals surface area contributed by atoms with E-state index in [1.165, 1.54) is 12.1 Å². The average Bonchev–Trinajstić information content (AvgIpc) is 2.03. The standard InChI is InChI=1S/C9H7BrClFO/c1-5(10)9(13)7-3-2-6(12)4-8(7)11/h2-5H,1H3. The lowest BCUT2D eigenvalue weighted by Crippen LogP contribution is -2.10. The van der Waals surface area contributed by atoms with E-state index in [1.807, 2.05) is 0 Å². The van der Waals surface area contributed by atoms with Gasteiger partial charge < -0.3 is 0 Å². The molecule has 1 nitrogen and oxygen atoms in total. The zero-order valence-electron chi connectivity index (χ0n) is 6.85. The first-order valence-electron chi connectivity index (χ1n) is 3.65. The van der Waals surface area contributed by atoms with Crippen molar-refractivity contribution in [1.29, 1.82) is 0 Å². The van der Waals surface area contributed by atoms with Gasteiger partial charge in [0.1, 0.15) is 5.82 Å². The van der Waals surface area contributed by atoms with Gasteiger partial charge in [-0.15, -0.1) is 0 Å². The molecule has 0 heterocycles. The van der Waals surface area contributed by atoms with Gasteiger partial charge in [0.2, 0.25) is 0 Å². The van der Waals surface area contributed by atoms with E-state index < -0.39 is 5.82 Å². The first-order chi connectivity index (χ1) is 6.02. The molecule has 0 amide bonds. The van der Waals surface area contributed by atoms with Crippen LogP contribution in [0, 0.1) is 5.82 Å². The highest BCUT2D eigenvalue weighted by Gasteiger charge is 2.15. The third kappa shape index (κ3) is 2.51. The molecule has 0 radical (unpaired) electrons. The summed E-state index contributed by atoms with van der Waals surface area (Å²) in [5.41, 5.74) is 0.340. The van der Waals surface area contributed by atoms with Gasteiger partial charge in [0, 0.05) is 5.56 Å². The topological polar surface area (TPSA) is 17.1 Å². The molecule has 0 spiro atoms. The SMILES string of the molecule is CC(Br)C(=O)c1ccc(F)cc1Cl. The summed E-state index contributed by atoms with van der Waals surface area (Å²) in [7, 11) is 0. The Bertz CT molecular complexity index is 338. The van der Waals surface area contributed by atoms with Crippen LogP contribution >= 0.6 is 27.5 Å². The maximum Gasteiger partial charge on any atom is 0.177 e. The Balaban J connectivity index is 3.09. The van der Waals surface area contributed by atoms with E-state index in [1.54, 1.807) is 6.92 Å². The van der Waals surface area contributed by atoms with Gasteiger partial charge in [0.25, 0.3) is 0 Å². The molecule has 0 aliphatic heterocycles. The number of carbonyl (C=O) groups excluding carboxylic acids is 1. The minimum atomic E-state index is -0.441. The van der Waals surface area contributed by atoms with Crippen LogP contribution in [-0.2, 0) is 0 Å². The molecule has 1 unspecified atom stereocenters. The molecule has 0 fully saturated rings. The Kier molecular flexibility index (Phi) is 3.45. The molecule has 1 atom stereocenters. The molecule has 0 saturated heterocycles. The van der Waals surface area contributed by atoms with Crippen molar-refractivity contribution in [3.8, 4) is 0 Å². The van der Waals surface area contributed by atoms with Crippen LogP contribution in [0.25, 0.3) is 0 Å². The van der Waals surface area contributed by atoms with Gasteiger partial charge >= 0.3 is 0 Å². The number of rotatable bonds is 2. The quantitative estimate of drug-likeness (QED) is 0.591. The minimum absolute atomic E-state index is 0.148. The van der Waals surface area contributed by atoms with Crippen LogP contribution in [0.1, 0.15) is 17.3 Å². The molecule has 1 aromatic carbocycles. The Morgan fingerprint density at radius 2 is 2.23 bits per heavy atom. The van der Waals surface area contributed by atoms with Crippen LogP contribution in [0.15, 0.2) is 18.2 Å². The molecule has 0 bridgehead atoms. The van der Waals surface area contributed by atoms with Crippen molar-refractivity contribution in [1.82, 2.24) is 0 Å². The second-order valence-electron chi connectivity index (χ2n) is 2.60. The van der Waals surface area contributed by atoms with E-state index in [0.717, 1.165) is 6.07 Å². The lowest BCUT2D eigenvalue weighted by Gasteiger charge is -2.04. The van der Waals surface area contributed by atoms with Crippen LogP contribution in [0.4, 0.5) is 4.39 Å². The molecule has 0 aromatic heterocycles. The van der Waals surface area contributed by atoms with E-state index in [2.05, 4.69) is 15.9 Å². The fraction of sp³-hybridized carbons (Fsp3) is 0.222. The van der Waals surface area contributed by atoms with Crippen molar-refractivity contribution in [3.63, 3.8) is 0 Å². The largest absolute Gasteiger partial charge is 0.293 e. The Labute approximate surface area is 89.0 Å². The van der Waals surface area contributed by atoms with Crippen molar-refractivity contribution in [2.45, 2.75) is 11.8 Å². The second kappa shape index (κ2) is 4.20. The lowest BCUT2D eigenvalue weighted by molar-refractivity contribution is 0.0996. The van der Waals surface area contributed by atoms with Gasteiger partial charge in [0.15, 0.2) is 5.78 Å². The van der Waals surface area contributed by atoms with Gasteiger partial charge in [-0.05, 0) is 25.1 Å². The maximum atomic E-state index is 12.6. The zero-order chi connectivity index (χ0) is 10.0. The van der Waals surface area contributed by atoms with Crippen LogP contribution in [-0.4, -0.2) is 10.6 Å². The first kappa shape index (κ1) is 10.7. The highest BCUT2D eigenvalue weighted by Crippen LogP contribution is 2.20. The van der Waals surface area contributed by atoms with Crippen LogP contribution in [0.5, 0.6) is 0 Å². The fourth-order valence-corrected chi connectivity index (χ4v) is 1.41. The molecule has 1 aromatic rings. The highest BCUT2D eigenvalue weighted by atomic mass is 79.9. The van der Waals surface area contributed by atoms with Crippen LogP contribution < -0.4 is 0 Å². The maximum absolute atomic E-state index is 12.6. The molecule has 13 heavy (non-hydrogen) atoms. The van der Waals surface area contributed by atoms with Crippen LogP contribution in [0.3, 0.4) is 0 Å². The van der Waals surface area contributed by atoms with Gasteiger partial charge in [-0.25, -0.2) is 4.39 Å². The Morgan fingerprint density at radius 3 is 2.69 bits per heavy atom. The summed E-state index contributed by atoms with van der Waals surface area (Å²) in [4.78, 5) is 11.1. The minimum Gasteiger partial charge on any atom is -0.293 e. The third-order valence-corrected chi connectivity index (χ3v) is 2.29. The second-order valence-corrected chi connectivity index (χ2v) is 4.39.